The summed E-state index contributed by atoms with van der Waals surface area (Å²) in [6.07, 6.45) is 1.05. The van der Waals surface area contributed by atoms with Crippen LogP contribution in [0.3, 0.4) is 0 Å². The average molecular weight is 790 g/mol. The molecule has 1 aromatic rings. The van der Waals surface area contributed by atoms with E-state index in [2.05, 4.69) is 15.1 Å². The third-order valence-electron chi connectivity index (χ3n) is 8.13. The number of thiocarbonyl (C=S) groups is 1. The maximum Gasteiger partial charge on any atom is 0.323 e. The number of hydrogen-bond acceptors (Lipinski definition) is 14. The van der Waals surface area contributed by atoms with Gasteiger partial charge in [0.25, 0.3) is 0 Å². The normalized spacial score (nSPS) is 17.2. The summed E-state index contributed by atoms with van der Waals surface area (Å²) in [5, 5.41) is 2.38. The Balaban J connectivity index is 2.52. The Kier molecular flexibility index (Phi) is 18.6. The van der Waals surface area contributed by atoms with Gasteiger partial charge in [0, 0.05) is 52.4 Å². The molecular formula is C41H67N5O8S. The number of hydrogen-bond donors (Lipinski definition) is 0. The van der Waals surface area contributed by atoms with Gasteiger partial charge in [-0.25, -0.2) is 0 Å². The highest BCUT2D eigenvalue weighted by Crippen LogP contribution is 2.20. The van der Waals surface area contributed by atoms with E-state index in [0.717, 1.165) is 5.56 Å². The molecule has 1 aliphatic heterocycles. The maximum absolute atomic E-state index is 14.0. The van der Waals surface area contributed by atoms with Crippen molar-refractivity contribution >= 4 is 46.9 Å². The van der Waals surface area contributed by atoms with Crippen molar-refractivity contribution < 1.29 is 38.1 Å². The molecule has 0 aromatic heterocycles. The molecule has 0 saturated carbocycles. The summed E-state index contributed by atoms with van der Waals surface area (Å²) in [4.78, 5) is 65.5. The van der Waals surface area contributed by atoms with Gasteiger partial charge >= 0.3 is 23.9 Å². The monoisotopic (exact) mass is 789 g/mol. The first-order valence-corrected chi connectivity index (χ1v) is 19.7. The number of ether oxygens (including phenoxy) is 4. The van der Waals surface area contributed by atoms with Crippen LogP contribution >= 0.6 is 12.2 Å². The molecule has 0 N–H and O–H groups in total. The molecule has 1 saturated heterocycles. The number of esters is 4. The minimum Gasteiger partial charge on any atom is -0.459 e. The number of carbonyl (C=O) groups excluding carboxylic acids is 4. The Labute approximate surface area is 335 Å². The Morgan fingerprint density at radius 2 is 0.945 bits per heavy atom. The molecule has 1 heterocycles. The Morgan fingerprint density at radius 1 is 0.600 bits per heavy atom. The van der Waals surface area contributed by atoms with Crippen LogP contribution < -0.4 is 0 Å². The molecule has 0 amide bonds. The second kappa shape index (κ2) is 21.3. The van der Waals surface area contributed by atoms with Crippen LogP contribution in [-0.4, -0.2) is 149 Å². The van der Waals surface area contributed by atoms with Crippen molar-refractivity contribution in [3.8, 4) is 0 Å². The third-order valence-corrected chi connectivity index (χ3v) is 8.22. The van der Waals surface area contributed by atoms with Gasteiger partial charge in [0.1, 0.15) is 28.4 Å². The summed E-state index contributed by atoms with van der Waals surface area (Å²) < 4.78 is 23.1. The zero-order valence-corrected chi connectivity index (χ0v) is 36.3. The highest BCUT2D eigenvalue weighted by molar-refractivity contribution is 7.78. The second-order valence-electron chi connectivity index (χ2n) is 18.1. The van der Waals surface area contributed by atoms with Gasteiger partial charge < -0.3 is 18.9 Å². The summed E-state index contributed by atoms with van der Waals surface area (Å²) >= 11 is 4.75. The van der Waals surface area contributed by atoms with Crippen LogP contribution in [0.2, 0.25) is 0 Å². The van der Waals surface area contributed by atoms with Gasteiger partial charge in [-0.3, -0.25) is 38.8 Å². The number of carbonyl (C=O) groups is 4. The largest absolute Gasteiger partial charge is 0.459 e. The molecule has 1 fully saturated rings. The standard InChI is InChI=1S/C41H67N5O8S/c1-38(2,3)51-34(47)27-43-19-21-44(28-35(48)52-39(4,5)6)23-25-46(26-24-45(22-20-43)29-36(49)53-40(7,8)9)33(37(50)54-41(10,11)12)18-15-31-13-16-32(17-14-31)42-30-55/h13-14,16-17,33H,15,18-29H2,1-12H3. The van der Waals surface area contributed by atoms with Gasteiger partial charge in [0.2, 0.25) is 0 Å². The quantitative estimate of drug-likeness (QED) is 0.118. The smallest absolute Gasteiger partial charge is 0.323 e. The molecule has 0 aliphatic carbocycles. The number of benzene rings is 1. The first-order valence-electron chi connectivity index (χ1n) is 19.3. The van der Waals surface area contributed by atoms with E-state index in [1.54, 1.807) is 0 Å². The van der Waals surface area contributed by atoms with Crippen LogP contribution in [0.4, 0.5) is 5.69 Å². The summed E-state index contributed by atoms with van der Waals surface area (Å²) in [6.45, 7) is 25.6. The van der Waals surface area contributed by atoms with E-state index >= 15 is 0 Å². The van der Waals surface area contributed by atoms with Crippen molar-refractivity contribution in [3.05, 3.63) is 29.8 Å². The number of aryl methyl sites for hydroxylation is 1. The SMILES string of the molecule is CC(C)(C)OC(=O)CN1CCN(CC(=O)OC(C)(C)C)CCN(C(CCc2ccc(N=C=S)cc2)C(=O)OC(C)(C)C)CCN(CC(=O)OC(C)(C)C)CC1. The molecule has 310 valence electrons. The molecule has 1 atom stereocenters. The number of rotatable bonds is 12. The molecule has 2 rings (SSSR count). The number of nitrogens with zero attached hydrogens (tertiary/aromatic N) is 5. The highest BCUT2D eigenvalue weighted by Gasteiger charge is 2.32. The first kappa shape index (κ1) is 47.9. The molecule has 1 aromatic carbocycles. The zero-order chi connectivity index (χ0) is 41.6. The lowest BCUT2D eigenvalue weighted by Crippen LogP contribution is -2.53. The van der Waals surface area contributed by atoms with Crippen molar-refractivity contribution in [2.45, 2.75) is 124 Å². The summed E-state index contributed by atoms with van der Waals surface area (Å²) in [5.74, 6) is -1.43. The lowest BCUT2D eigenvalue weighted by molar-refractivity contribution is -0.163. The van der Waals surface area contributed by atoms with Crippen LogP contribution in [-0.2, 0) is 44.5 Å². The highest BCUT2D eigenvalue weighted by atomic mass is 32.1. The first-order chi connectivity index (χ1) is 25.3. The second-order valence-corrected chi connectivity index (χ2v) is 18.3. The molecule has 1 unspecified atom stereocenters. The fourth-order valence-electron chi connectivity index (χ4n) is 5.92. The molecular weight excluding hydrogens is 723 g/mol. The molecule has 0 bridgehead atoms. The van der Waals surface area contributed by atoms with Crippen LogP contribution in [0.25, 0.3) is 0 Å². The fraction of sp³-hybridized carbons (Fsp3) is 0.732. The van der Waals surface area contributed by atoms with Crippen molar-refractivity contribution in [2.24, 2.45) is 4.99 Å². The molecule has 0 spiro atoms. The molecule has 55 heavy (non-hydrogen) atoms. The number of aliphatic imine (C=N–C) groups is 1. The third kappa shape index (κ3) is 21.6. The van der Waals surface area contributed by atoms with E-state index < -0.39 is 28.4 Å². The predicted molar refractivity (Wildman–Crippen MR) is 218 cm³/mol. The minimum atomic E-state index is -0.717. The van der Waals surface area contributed by atoms with Crippen LogP contribution in [0.5, 0.6) is 0 Å². The van der Waals surface area contributed by atoms with Crippen LogP contribution in [0, 0.1) is 0 Å². The zero-order valence-electron chi connectivity index (χ0n) is 35.5. The van der Waals surface area contributed by atoms with Gasteiger partial charge in [0.15, 0.2) is 0 Å². The van der Waals surface area contributed by atoms with E-state index in [1.807, 2.05) is 122 Å². The lowest BCUT2D eigenvalue weighted by atomic mass is 10.0. The maximum atomic E-state index is 14.0. The van der Waals surface area contributed by atoms with Gasteiger partial charge in [-0.2, -0.15) is 4.99 Å². The Hall–Kier alpha value is -3.26. The van der Waals surface area contributed by atoms with Crippen molar-refractivity contribution in [1.82, 2.24) is 19.6 Å². The molecule has 1 aliphatic rings. The molecule has 13 nitrogen and oxygen atoms in total. The van der Waals surface area contributed by atoms with E-state index in [-0.39, 0.29) is 43.5 Å². The Bertz CT molecular complexity index is 1410. The molecule has 14 heteroatoms. The van der Waals surface area contributed by atoms with Crippen molar-refractivity contribution in [1.29, 1.82) is 0 Å². The van der Waals surface area contributed by atoms with E-state index in [4.69, 9.17) is 31.2 Å². The predicted octanol–water partition coefficient (Wildman–Crippen LogP) is 5.31. The van der Waals surface area contributed by atoms with Gasteiger partial charge in [-0.15, -0.1) is 0 Å². The fourth-order valence-corrected chi connectivity index (χ4v) is 6.03. The van der Waals surface area contributed by atoms with Gasteiger partial charge in [-0.1, -0.05) is 12.1 Å². The van der Waals surface area contributed by atoms with E-state index in [0.29, 0.717) is 70.9 Å². The topological polar surface area (TPSA) is 131 Å². The lowest BCUT2D eigenvalue weighted by Gasteiger charge is -2.37. The van der Waals surface area contributed by atoms with Gasteiger partial charge in [0.05, 0.1) is 30.5 Å². The summed E-state index contributed by atoms with van der Waals surface area (Å²) in [5.41, 5.74) is -0.964. The van der Waals surface area contributed by atoms with E-state index in [1.165, 1.54) is 0 Å². The van der Waals surface area contributed by atoms with Gasteiger partial charge in [-0.05, 0) is 126 Å². The van der Waals surface area contributed by atoms with Crippen LogP contribution in [0.15, 0.2) is 29.3 Å². The van der Waals surface area contributed by atoms with Crippen molar-refractivity contribution in [2.75, 3.05) is 72.0 Å². The average Bonchev–Trinajstić information content (AvgIpc) is 2.99. The Morgan fingerprint density at radius 3 is 1.27 bits per heavy atom. The number of isothiocyanates is 1. The van der Waals surface area contributed by atoms with Crippen LogP contribution in [0.1, 0.15) is 95.1 Å². The summed E-state index contributed by atoms with van der Waals surface area (Å²) in [6, 6.07) is 7.02. The molecule has 0 radical (unpaired) electrons. The van der Waals surface area contributed by atoms with Crippen molar-refractivity contribution in [3.63, 3.8) is 0 Å². The minimum absolute atomic E-state index is 0.0316. The summed E-state index contributed by atoms with van der Waals surface area (Å²) in [7, 11) is 0. The van der Waals surface area contributed by atoms with E-state index in [9.17, 15) is 19.2 Å².